The first kappa shape index (κ1) is 18.1. The Morgan fingerprint density at radius 3 is 3.00 bits per heavy atom. The second-order valence-electron chi connectivity index (χ2n) is 5.00. The van der Waals surface area contributed by atoms with E-state index in [0.29, 0.717) is 30.5 Å². The zero-order chi connectivity index (χ0) is 17.2. The van der Waals surface area contributed by atoms with Crippen LogP contribution in [-0.2, 0) is 16.1 Å². The van der Waals surface area contributed by atoms with Gasteiger partial charge in [0.1, 0.15) is 18.1 Å². The van der Waals surface area contributed by atoms with Crippen LogP contribution in [-0.4, -0.2) is 26.2 Å². The number of carbonyl (C=O) groups is 1. The van der Waals surface area contributed by atoms with E-state index >= 15 is 0 Å². The molecule has 0 saturated heterocycles. The molecular formula is C18H20ClNO4. The molecule has 1 N–H and O–H groups in total. The van der Waals surface area contributed by atoms with Crippen molar-refractivity contribution in [2.75, 3.05) is 20.3 Å². The molecule has 2 aromatic rings. The fourth-order valence-electron chi connectivity index (χ4n) is 2.01. The van der Waals surface area contributed by atoms with Gasteiger partial charge in [-0.1, -0.05) is 11.6 Å². The average Bonchev–Trinajstić information content (AvgIpc) is 3.09. The number of carbonyl (C=O) groups excluding carboxylic acids is 1. The number of hydrogen-bond acceptors (Lipinski definition) is 4. The molecule has 0 bridgehead atoms. The molecule has 1 aromatic carbocycles. The zero-order valence-corrected chi connectivity index (χ0v) is 14.2. The molecule has 0 radical (unpaired) electrons. The number of rotatable bonds is 9. The van der Waals surface area contributed by atoms with Crippen molar-refractivity contribution in [1.29, 1.82) is 0 Å². The van der Waals surface area contributed by atoms with Gasteiger partial charge in [0.05, 0.1) is 13.4 Å². The highest BCUT2D eigenvalue weighted by atomic mass is 35.5. The Kier molecular flexibility index (Phi) is 7.39. The van der Waals surface area contributed by atoms with Crippen LogP contribution in [0.15, 0.2) is 47.1 Å². The predicted octanol–water partition coefficient (Wildman–Crippen LogP) is 3.68. The molecule has 6 heteroatoms. The van der Waals surface area contributed by atoms with E-state index in [4.69, 9.17) is 25.5 Å². The van der Waals surface area contributed by atoms with E-state index in [9.17, 15) is 4.79 Å². The van der Waals surface area contributed by atoms with Gasteiger partial charge in [-0.15, -0.1) is 0 Å². The van der Waals surface area contributed by atoms with Gasteiger partial charge < -0.3 is 19.2 Å². The maximum atomic E-state index is 11.8. The van der Waals surface area contributed by atoms with E-state index in [1.807, 2.05) is 12.1 Å². The van der Waals surface area contributed by atoms with Gasteiger partial charge in [-0.3, -0.25) is 4.79 Å². The van der Waals surface area contributed by atoms with E-state index < -0.39 is 0 Å². The first-order chi connectivity index (χ1) is 11.7. The highest BCUT2D eigenvalue weighted by Gasteiger charge is 2.02. The van der Waals surface area contributed by atoms with Crippen molar-refractivity contribution in [3.63, 3.8) is 0 Å². The minimum absolute atomic E-state index is 0.178. The molecule has 0 saturated carbocycles. The molecular weight excluding hydrogens is 330 g/mol. The van der Waals surface area contributed by atoms with Crippen molar-refractivity contribution in [2.45, 2.75) is 13.0 Å². The third-order valence-corrected chi connectivity index (χ3v) is 3.43. The minimum Gasteiger partial charge on any atom is -0.496 e. The van der Waals surface area contributed by atoms with Gasteiger partial charge in [0.15, 0.2) is 0 Å². The Morgan fingerprint density at radius 1 is 1.38 bits per heavy atom. The number of halogens is 1. The van der Waals surface area contributed by atoms with Gasteiger partial charge in [-0.25, -0.2) is 0 Å². The van der Waals surface area contributed by atoms with Gasteiger partial charge >= 0.3 is 0 Å². The second kappa shape index (κ2) is 9.80. The maximum absolute atomic E-state index is 11.8. The Morgan fingerprint density at radius 2 is 2.25 bits per heavy atom. The fraction of sp³-hybridized carbons (Fsp3) is 0.278. The highest BCUT2D eigenvalue weighted by Crippen LogP contribution is 2.23. The third kappa shape index (κ3) is 6.10. The molecule has 0 aliphatic carbocycles. The Hall–Kier alpha value is -2.24. The van der Waals surface area contributed by atoms with Crippen molar-refractivity contribution in [1.82, 2.24) is 5.32 Å². The number of methoxy groups -OCH3 is 1. The molecule has 0 spiro atoms. The molecule has 24 heavy (non-hydrogen) atoms. The summed E-state index contributed by atoms with van der Waals surface area (Å²) < 4.78 is 15.8. The summed E-state index contributed by atoms with van der Waals surface area (Å²) in [5.41, 5.74) is 0.752. The van der Waals surface area contributed by atoms with E-state index in [0.717, 1.165) is 17.7 Å². The SMILES string of the molecule is COc1ccc(Cl)cc1/C=C/C(=O)NCCCOCc1ccco1. The van der Waals surface area contributed by atoms with E-state index in [1.54, 1.807) is 37.6 Å². The summed E-state index contributed by atoms with van der Waals surface area (Å²) in [5.74, 6) is 1.27. The average molecular weight is 350 g/mol. The lowest BCUT2D eigenvalue weighted by atomic mass is 10.2. The number of furan rings is 1. The van der Waals surface area contributed by atoms with Gasteiger partial charge in [0, 0.05) is 29.8 Å². The lowest BCUT2D eigenvalue weighted by Gasteiger charge is -2.05. The molecule has 5 nitrogen and oxygen atoms in total. The summed E-state index contributed by atoms with van der Waals surface area (Å²) in [6.45, 7) is 1.52. The van der Waals surface area contributed by atoms with Gasteiger partial charge in [0.25, 0.3) is 0 Å². The summed E-state index contributed by atoms with van der Waals surface area (Å²) in [7, 11) is 1.57. The van der Waals surface area contributed by atoms with Crippen molar-refractivity contribution >= 4 is 23.6 Å². The molecule has 0 atom stereocenters. The van der Waals surface area contributed by atoms with Crippen LogP contribution in [0.5, 0.6) is 5.75 Å². The van der Waals surface area contributed by atoms with Crippen LogP contribution in [0.3, 0.4) is 0 Å². The number of ether oxygens (including phenoxy) is 2. The van der Waals surface area contributed by atoms with Crippen LogP contribution < -0.4 is 10.1 Å². The Balaban J connectivity index is 1.66. The lowest BCUT2D eigenvalue weighted by Crippen LogP contribution is -2.23. The molecule has 0 unspecified atom stereocenters. The molecule has 0 fully saturated rings. The standard InChI is InChI=1S/C18H20ClNO4/c1-22-17-7-6-15(19)12-14(17)5-8-18(21)20-9-3-10-23-13-16-4-2-11-24-16/h2,4-8,11-12H,3,9-10,13H2,1H3,(H,20,21)/b8-5+. The number of hydrogen-bond donors (Lipinski definition) is 1. The van der Waals surface area contributed by atoms with Crippen molar-refractivity contribution in [3.8, 4) is 5.75 Å². The topological polar surface area (TPSA) is 60.7 Å². The summed E-state index contributed by atoms with van der Waals surface area (Å²) in [4.78, 5) is 11.8. The van der Waals surface area contributed by atoms with Crippen LogP contribution in [0.25, 0.3) is 6.08 Å². The van der Waals surface area contributed by atoms with E-state index in [-0.39, 0.29) is 5.91 Å². The first-order valence-corrected chi connectivity index (χ1v) is 7.96. The second-order valence-corrected chi connectivity index (χ2v) is 5.43. The molecule has 128 valence electrons. The predicted molar refractivity (Wildman–Crippen MR) is 93.0 cm³/mol. The van der Waals surface area contributed by atoms with E-state index in [2.05, 4.69) is 5.32 Å². The largest absolute Gasteiger partial charge is 0.496 e. The van der Waals surface area contributed by atoms with Crippen molar-refractivity contribution in [2.24, 2.45) is 0 Å². The van der Waals surface area contributed by atoms with Crippen LogP contribution >= 0.6 is 11.6 Å². The smallest absolute Gasteiger partial charge is 0.244 e. The Labute approximate surface area is 146 Å². The molecule has 1 heterocycles. The summed E-state index contributed by atoms with van der Waals surface area (Å²) >= 11 is 5.95. The fourth-order valence-corrected chi connectivity index (χ4v) is 2.19. The van der Waals surface area contributed by atoms with Crippen LogP contribution in [0.4, 0.5) is 0 Å². The number of nitrogens with one attached hydrogen (secondary N) is 1. The summed E-state index contributed by atoms with van der Waals surface area (Å²) in [6, 6.07) is 8.92. The Bertz CT molecular complexity index is 668. The molecule has 2 rings (SSSR count). The maximum Gasteiger partial charge on any atom is 0.244 e. The van der Waals surface area contributed by atoms with Crippen molar-refractivity contribution in [3.05, 3.63) is 59.0 Å². The van der Waals surface area contributed by atoms with Gasteiger partial charge in [-0.05, 0) is 42.8 Å². The monoisotopic (exact) mass is 349 g/mol. The molecule has 1 amide bonds. The van der Waals surface area contributed by atoms with Crippen LogP contribution in [0, 0.1) is 0 Å². The van der Waals surface area contributed by atoms with Gasteiger partial charge in [0.2, 0.25) is 5.91 Å². The number of benzene rings is 1. The quantitative estimate of drug-likeness (QED) is 0.554. The summed E-state index contributed by atoms with van der Waals surface area (Å²) in [5, 5.41) is 3.38. The van der Waals surface area contributed by atoms with E-state index in [1.165, 1.54) is 6.08 Å². The zero-order valence-electron chi connectivity index (χ0n) is 13.5. The minimum atomic E-state index is -0.178. The number of amides is 1. The third-order valence-electron chi connectivity index (χ3n) is 3.20. The normalized spacial score (nSPS) is 10.9. The molecule has 0 aliphatic heterocycles. The molecule has 0 aliphatic rings. The molecule has 1 aromatic heterocycles. The summed E-state index contributed by atoms with van der Waals surface area (Å²) in [6.07, 6.45) is 5.46. The van der Waals surface area contributed by atoms with Crippen molar-refractivity contribution < 1.29 is 18.7 Å². The highest BCUT2D eigenvalue weighted by molar-refractivity contribution is 6.30. The van der Waals surface area contributed by atoms with Crippen LogP contribution in [0.1, 0.15) is 17.7 Å². The van der Waals surface area contributed by atoms with Crippen LogP contribution in [0.2, 0.25) is 5.02 Å². The lowest BCUT2D eigenvalue weighted by molar-refractivity contribution is -0.116. The first-order valence-electron chi connectivity index (χ1n) is 7.58. The van der Waals surface area contributed by atoms with Gasteiger partial charge in [-0.2, -0.15) is 0 Å².